The summed E-state index contributed by atoms with van der Waals surface area (Å²) in [7, 11) is -4.32. The molecule has 0 aromatic heterocycles. The first-order valence-electron chi connectivity index (χ1n) is 7.14. The quantitative estimate of drug-likeness (QED) is 0.486. The van der Waals surface area contributed by atoms with Crippen LogP contribution in [0, 0.1) is 17.0 Å². The van der Waals surface area contributed by atoms with E-state index in [4.69, 9.17) is 4.74 Å². The lowest BCUT2D eigenvalue weighted by atomic mass is 10.00. The molecule has 0 amide bonds. The maximum atomic E-state index is 11.5. The predicted octanol–water partition coefficient (Wildman–Crippen LogP) is 3.33. The Kier molecular flexibility index (Phi) is 5.20. The number of rotatable bonds is 6. The van der Waals surface area contributed by atoms with Crippen molar-refractivity contribution in [3.63, 3.8) is 0 Å². The van der Waals surface area contributed by atoms with E-state index in [0.29, 0.717) is 11.3 Å². The molecule has 0 radical (unpaired) electrons. The van der Waals surface area contributed by atoms with Crippen LogP contribution in [0.4, 0.5) is 5.69 Å². The third-order valence-electron chi connectivity index (χ3n) is 3.52. The van der Waals surface area contributed by atoms with Crippen LogP contribution >= 0.6 is 0 Å². The van der Waals surface area contributed by atoms with Gasteiger partial charge in [0.05, 0.1) is 16.4 Å². The van der Waals surface area contributed by atoms with E-state index in [1.165, 1.54) is 30.3 Å². The number of ether oxygens (including phenoxy) is 1. The van der Waals surface area contributed by atoms with Gasteiger partial charge < -0.3 is 4.74 Å². The van der Waals surface area contributed by atoms with E-state index < -0.39 is 15.0 Å². The van der Waals surface area contributed by atoms with Crippen LogP contribution in [-0.4, -0.2) is 24.5 Å². The minimum Gasteiger partial charge on any atom is -0.493 e. The Hall–Kier alpha value is -2.45. The summed E-state index contributed by atoms with van der Waals surface area (Å²) in [6.45, 7) is 3.75. The SMILES string of the molecule is Cc1ccc(S(=O)(=O)O)c(C(C)COc2ccc([N+](=O)[O-])cc2)c1. The van der Waals surface area contributed by atoms with E-state index >= 15 is 0 Å². The van der Waals surface area contributed by atoms with Crippen molar-refractivity contribution in [3.8, 4) is 5.75 Å². The zero-order valence-corrected chi connectivity index (χ0v) is 14.0. The van der Waals surface area contributed by atoms with E-state index in [2.05, 4.69) is 0 Å². The molecule has 0 heterocycles. The first-order chi connectivity index (χ1) is 11.2. The standard InChI is InChI=1S/C16H17NO6S/c1-11-3-8-16(24(20,21)22)15(9-11)12(2)10-23-14-6-4-13(5-7-14)17(18)19/h3-9,12H,10H2,1-2H3,(H,20,21,22). The van der Waals surface area contributed by atoms with Crippen LogP contribution in [0.3, 0.4) is 0 Å². The van der Waals surface area contributed by atoms with Gasteiger partial charge in [0.2, 0.25) is 0 Å². The van der Waals surface area contributed by atoms with E-state index in [1.807, 2.05) is 6.92 Å². The molecule has 0 aliphatic heterocycles. The zero-order chi connectivity index (χ0) is 17.9. The highest BCUT2D eigenvalue weighted by Gasteiger charge is 2.20. The third-order valence-corrected chi connectivity index (χ3v) is 4.45. The van der Waals surface area contributed by atoms with Crippen molar-refractivity contribution in [1.29, 1.82) is 0 Å². The first kappa shape index (κ1) is 17.9. The number of hydrogen-bond acceptors (Lipinski definition) is 5. The fraction of sp³-hybridized carbons (Fsp3) is 0.250. The van der Waals surface area contributed by atoms with Crippen molar-refractivity contribution in [2.75, 3.05) is 6.61 Å². The molecule has 0 spiro atoms. The molecule has 0 fully saturated rings. The molecule has 1 atom stereocenters. The number of nitro benzene ring substituents is 1. The maximum Gasteiger partial charge on any atom is 0.294 e. The fourth-order valence-corrected chi connectivity index (χ4v) is 3.06. The summed E-state index contributed by atoms with van der Waals surface area (Å²) in [6, 6.07) is 10.3. The monoisotopic (exact) mass is 351 g/mol. The summed E-state index contributed by atoms with van der Waals surface area (Å²) >= 11 is 0. The van der Waals surface area contributed by atoms with Gasteiger partial charge in [0.25, 0.3) is 15.8 Å². The van der Waals surface area contributed by atoms with Crippen LogP contribution < -0.4 is 4.74 Å². The van der Waals surface area contributed by atoms with Gasteiger partial charge in [0.1, 0.15) is 5.75 Å². The molecule has 0 saturated carbocycles. The Bertz CT molecular complexity index is 845. The molecule has 24 heavy (non-hydrogen) atoms. The summed E-state index contributed by atoms with van der Waals surface area (Å²) in [5.41, 5.74) is 1.28. The molecule has 0 aliphatic carbocycles. The summed E-state index contributed by atoms with van der Waals surface area (Å²) in [5, 5.41) is 10.6. The number of nitrogens with zero attached hydrogens (tertiary/aromatic N) is 1. The second-order valence-electron chi connectivity index (χ2n) is 5.48. The number of nitro groups is 1. The van der Waals surface area contributed by atoms with Gasteiger partial charge in [-0.25, -0.2) is 0 Å². The van der Waals surface area contributed by atoms with Crippen molar-refractivity contribution in [1.82, 2.24) is 0 Å². The van der Waals surface area contributed by atoms with Gasteiger partial charge >= 0.3 is 0 Å². The molecule has 0 aliphatic rings. The Morgan fingerprint density at radius 1 is 1.21 bits per heavy atom. The van der Waals surface area contributed by atoms with Crippen LogP contribution in [0.2, 0.25) is 0 Å². The van der Waals surface area contributed by atoms with Crippen molar-refractivity contribution in [2.45, 2.75) is 24.7 Å². The zero-order valence-electron chi connectivity index (χ0n) is 13.2. The Balaban J connectivity index is 2.17. The maximum absolute atomic E-state index is 11.5. The molecule has 2 aromatic carbocycles. The highest BCUT2D eigenvalue weighted by Crippen LogP contribution is 2.26. The van der Waals surface area contributed by atoms with Gasteiger partial charge in [-0.05, 0) is 30.7 Å². The topological polar surface area (TPSA) is 107 Å². The van der Waals surface area contributed by atoms with Gasteiger partial charge in [0, 0.05) is 18.1 Å². The molecule has 7 nitrogen and oxygen atoms in total. The minimum absolute atomic E-state index is 0.0391. The lowest BCUT2D eigenvalue weighted by Gasteiger charge is -2.16. The third kappa shape index (κ3) is 4.30. The van der Waals surface area contributed by atoms with Gasteiger partial charge in [-0.3, -0.25) is 14.7 Å². The summed E-state index contributed by atoms with van der Waals surface area (Å²) in [5.74, 6) is 0.130. The van der Waals surface area contributed by atoms with Gasteiger partial charge in [-0.2, -0.15) is 8.42 Å². The molecular weight excluding hydrogens is 334 g/mol. The van der Waals surface area contributed by atoms with Gasteiger partial charge in [-0.1, -0.05) is 24.6 Å². The molecule has 2 aromatic rings. The minimum atomic E-state index is -4.32. The predicted molar refractivity (Wildman–Crippen MR) is 88.0 cm³/mol. The van der Waals surface area contributed by atoms with Crippen LogP contribution in [0.5, 0.6) is 5.75 Å². The molecule has 1 unspecified atom stereocenters. The van der Waals surface area contributed by atoms with Gasteiger partial charge in [0.15, 0.2) is 0 Å². The molecule has 128 valence electrons. The normalized spacial score (nSPS) is 12.6. The number of hydrogen-bond donors (Lipinski definition) is 1. The fourth-order valence-electron chi connectivity index (χ4n) is 2.26. The second kappa shape index (κ2) is 6.98. The number of benzene rings is 2. The molecule has 0 bridgehead atoms. The summed E-state index contributed by atoms with van der Waals surface area (Å²) in [4.78, 5) is 9.96. The van der Waals surface area contributed by atoms with Crippen molar-refractivity contribution < 1.29 is 22.6 Å². The highest BCUT2D eigenvalue weighted by atomic mass is 32.2. The van der Waals surface area contributed by atoms with E-state index in [9.17, 15) is 23.1 Å². The first-order valence-corrected chi connectivity index (χ1v) is 8.58. The van der Waals surface area contributed by atoms with Crippen molar-refractivity contribution in [2.24, 2.45) is 0 Å². The molecule has 1 N–H and O–H groups in total. The Labute approximate surface area is 139 Å². The lowest BCUT2D eigenvalue weighted by Crippen LogP contribution is -2.12. The van der Waals surface area contributed by atoms with Gasteiger partial charge in [-0.15, -0.1) is 0 Å². The van der Waals surface area contributed by atoms with E-state index in [1.54, 1.807) is 19.1 Å². The van der Waals surface area contributed by atoms with E-state index in [0.717, 1.165) is 5.56 Å². The van der Waals surface area contributed by atoms with Crippen LogP contribution in [-0.2, 0) is 10.1 Å². The average molecular weight is 351 g/mol. The van der Waals surface area contributed by atoms with Crippen LogP contribution in [0.1, 0.15) is 24.0 Å². The van der Waals surface area contributed by atoms with Crippen molar-refractivity contribution in [3.05, 3.63) is 63.7 Å². The molecule has 2 rings (SSSR count). The second-order valence-corrected chi connectivity index (χ2v) is 6.87. The lowest BCUT2D eigenvalue weighted by molar-refractivity contribution is -0.384. The largest absolute Gasteiger partial charge is 0.493 e. The summed E-state index contributed by atoms with van der Waals surface area (Å²) < 4.78 is 37.9. The summed E-state index contributed by atoms with van der Waals surface area (Å²) in [6.07, 6.45) is 0. The Morgan fingerprint density at radius 3 is 2.38 bits per heavy atom. The molecule has 0 saturated heterocycles. The molecule has 8 heteroatoms. The Morgan fingerprint density at radius 2 is 1.83 bits per heavy atom. The van der Waals surface area contributed by atoms with Crippen LogP contribution in [0.25, 0.3) is 0 Å². The average Bonchev–Trinajstić information content (AvgIpc) is 2.51. The van der Waals surface area contributed by atoms with E-state index in [-0.39, 0.29) is 23.1 Å². The number of aryl methyl sites for hydroxylation is 1. The number of non-ortho nitro benzene ring substituents is 1. The molecular formula is C16H17NO6S. The van der Waals surface area contributed by atoms with Crippen molar-refractivity contribution >= 4 is 15.8 Å². The smallest absolute Gasteiger partial charge is 0.294 e. The highest BCUT2D eigenvalue weighted by molar-refractivity contribution is 7.85. The van der Waals surface area contributed by atoms with Crippen LogP contribution in [0.15, 0.2) is 47.4 Å².